The topological polar surface area (TPSA) is 55.7 Å². The van der Waals surface area contributed by atoms with Crippen molar-refractivity contribution in [1.82, 2.24) is 9.97 Å². The van der Waals surface area contributed by atoms with Crippen LogP contribution in [0.25, 0.3) is 11.0 Å². The molecule has 1 fully saturated rings. The quantitative estimate of drug-likeness (QED) is 0.907. The Hall–Kier alpha value is -2.02. The highest BCUT2D eigenvalue weighted by molar-refractivity contribution is 5.93. The molecule has 1 aliphatic carbocycles. The molecule has 0 bridgehead atoms. The van der Waals surface area contributed by atoms with Gasteiger partial charge in [-0.1, -0.05) is 19.8 Å². The molecular formula is C16H20N4. The van der Waals surface area contributed by atoms with Gasteiger partial charge in [-0.25, -0.2) is 4.98 Å². The monoisotopic (exact) mass is 268 g/mol. The molecule has 2 aromatic heterocycles. The molecule has 2 aromatic rings. The van der Waals surface area contributed by atoms with E-state index in [1.165, 1.54) is 25.7 Å². The lowest BCUT2D eigenvalue weighted by Crippen LogP contribution is -2.39. The smallest absolute Gasteiger partial charge is 0.139 e. The Morgan fingerprint density at radius 3 is 2.95 bits per heavy atom. The van der Waals surface area contributed by atoms with Crippen LogP contribution in [-0.2, 0) is 0 Å². The molecule has 1 N–H and O–H groups in total. The van der Waals surface area contributed by atoms with Crippen molar-refractivity contribution in [2.75, 3.05) is 11.9 Å². The maximum absolute atomic E-state index is 9.40. The van der Waals surface area contributed by atoms with Crippen LogP contribution in [0, 0.1) is 17.2 Å². The fourth-order valence-electron chi connectivity index (χ4n) is 3.49. The average molecular weight is 268 g/mol. The van der Waals surface area contributed by atoms with Gasteiger partial charge in [0.25, 0.3) is 0 Å². The summed E-state index contributed by atoms with van der Waals surface area (Å²) in [5.41, 5.74) is 2.55. The van der Waals surface area contributed by atoms with Gasteiger partial charge in [0.2, 0.25) is 0 Å². The molecule has 0 aliphatic heterocycles. The van der Waals surface area contributed by atoms with E-state index in [2.05, 4.69) is 34.9 Å². The Kier molecular flexibility index (Phi) is 3.35. The number of nitriles is 1. The van der Waals surface area contributed by atoms with Gasteiger partial charge in [0.05, 0.1) is 11.3 Å². The summed E-state index contributed by atoms with van der Waals surface area (Å²) in [7, 11) is 2.12. The minimum absolute atomic E-state index is 0.511. The maximum Gasteiger partial charge on any atom is 0.139 e. The zero-order chi connectivity index (χ0) is 14.1. The van der Waals surface area contributed by atoms with Gasteiger partial charge in [0.1, 0.15) is 11.7 Å². The number of pyridine rings is 1. The Morgan fingerprint density at radius 1 is 1.40 bits per heavy atom. The van der Waals surface area contributed by atoms with E-state index in [0.717, 1.165) is 16.7 Å². The fraction of sp³-hybridized carbons (Fsp3) is 0.500. The summed E-state index contributed by atoms with van der Waals surface area (Å²) in [5, 5.41) is 10.4. The zero-order valence-electron chi connectivity index (χ0n) is 12.1. The van der Waals surface area contributed by atoms with E-state index in [9.17, 15) is 5.26 Å². The lowest BCUT2D eigenvalue weighted by Gasteiger charge is -2.38. The third-order valence-electron chi connectivity index (χ3n) is 4.59. The summed E-state index contributed by atoms with van der Waals surface area (Å²) in [5.74, 6) is 0.669. The van der Waals surface area contributed by atoms with Crippen molar-refractivity contribution < 1.29 is 0 Å². The summed E-state index contributed by atoms with van der Waals surface area (Å²) >= 11 is 0. The van der Waals surface area contributed by atoms with Gasteiger partial charge in [0, 0.05) is 30.9 Å². The highest BCUT2D eigenvalue weighted by atomic mass is 15.1. The Labute approximate surface area is 119 Å². The van der Waals surface area contributed by atoms with Crippen molar-refractivity contribution >= 4 is 16.7 Å². The molecule has 0 radical (unpaired) electrons. The largest absolute Gasteiger partial charge is 0.370 e. The summed E-state index contributed by atoms with van der Waals surface area (Å²) in [6.45, 7) is 2.32. The SMILES string of the molecule is C[C@@H]1CCCC[C@@H]1N(C)c1c(C#N)cnc2[nH]ccc12. The fourth-order valence-corrected chi connectivity index (χ4v) is 3.49. The number of nitrogens with zero attached hydrogens (tertiary/aromatic N) is 3. The summed E-state index contributed by atoms with van der Waals surface area (Å²) in [6.07, 6.45) is 8.66. The first-order chi connectivity index (χ1) is 9.72. The number of aromatic nitrogens is 2. The van der Waals surface area contributed by atoms with Gasteiger partial charge < -0.3 is 9.88 Å². The van der Waals surface area contributed by atoms with E-state index in [4.69, 9.17) is 0 Å². The van der Waals surface area contributed by atoms with Crippen LogP contribution in [0.1, 0.15) is 38.2 Å². The highest BCUT2D eigenvalue weighted by Crippen LogP contribution is 2.35. The first-order valence-electron chi connectivity index (χ1n) is 7.31. The number of H-pyrrole nitrogens is 1. The second kappa shape index (κ2) is 5.16. The van der Waals surface area contributed by atoms with Gasteiger partial charge in [-0.05, 0) is 24.8 Å². The first-order valence-corrected chi connectivity index (χ1v) is 7.31. The highest BCUT2D eigenvalue weighted by Gasteiger charge is 2.27. The minimum Gasteiger partial charge on any atom is -0.370 e. The van der Waals surface area contributed by atoms with E-state index in [1.807, 2.05) is 12.3 Å². The number of nitrogens with one attached hydrogen (secondary N) is 1. The molecule has 0 spiro atoms. The van der Waals surface area contributed by atoms with Crippen LogP contribution in [0.5, 0.6) is 0 Å². The number of anilines is 1. The van der Waals surface area contributed by atoms with Crippen molar-refractivity contribution in [3.05, 3.63) is 24.0 Å². The molecule has 0 amide bonds. The van der Waals surface area contributed by atoms with E-state index in [-0.39, 0.29) is 0 Å². The Morgan fingerprint density at radius 2 is 2.20 bits per heavy atom. The van der Waals surface area contributed by atoms with Crippen LogP contribution in [0.15, 0.2) is 18.5 Å². The molecule has 2 heterocycles. The summed E-state index contributed by atoms with van der Waals surface area (Å²) in [4.78, 5) is 9.75. The van der Waals surface area contributed by atoms with Crippen LogP contribution in [0.4, 0.5) is 5.69 Å². The van der Waals surface area contributed by atoms with Crippen LogP contribution in [0.2, 0.25) is 0 Å². The predicted molar refractivity (Wildman–Crippen MR) is 80.6 cm³/mol. The molecule has 0 unspecified atom stereocenters. The van der Waals surface area contributed by atoms with E-state index in [0.29, 0.717) is 17.5 Å². The van der Waals surface area contributed by atoms with Gasteiger partial charge in [-0.3, -0.25) is 0 Å². The molecule has 3 rings (SSSR count). The van der Waals surface area contributed by atoms with Gasteiger partial charge in [-0.2, -0.15) is 5.26 Å². The third-order valence-corrected chi connectivity index (χ3v) is 4.59. The molecular weight excluding hydrogens is 248 g/mol. The molecule has 20 heavy (non-hydrogen) atoms. The molecule has 0 saturated heterocycles. The van der Waals surface area contributed by atoms with Crippen LogP contribution < -0.4 is 4.90 Å². The number of fused-ring (bicyclic) bond motifs is 1. The van der Waals surface area contributed by atoms with Crippen LogP contribution in [0.3, 0.4) is 0 Å². The van der Waals surface area contributed by atoms with Crippen molar-refractivity contribution in [2.45, 2.75) is 38.6 Å². The first kappa shape index (κ1) is 13.0. The van der Waals surface area contributed by atoms with Gasteiger partial charge >= 0.3 is 0 Å². The van der Waals surface area contributed by atoms with E-state index >= 15 is 0 Å². The van der Waals surface area contributed by atoms with Crippen molar-refractivity contribution in [1.29, 1.82) is 5.26 Å². The number of rotatable bonds is 2. The van der Waals surface area contributed by atoms with Gasteiger partial charge in [0.15, 0.2) is 0 Å². The predicted octanol–water partition coefficient (Wildman–Crippen LogP) is 3.45. The van der Waals surface area contributed by atoms with E-state index < -0.39 is 0 Å². The second-order valence-electron chi connectivity index (χ2n) is 5.81. The third kappa shape index (κ3) is 2.03. The van der Waals surface area contributed by atoms with Crippen molar-refractivity contribution in [3.8, 4) is 6.07 Å². The molecule has 104 valence electrons. The molecule has 2 atom stereocenters. The van der Waals surface area contributed by atoms with Crippen molar-refractivity contribution in [2.24, 2.45) is 5.92 Å². The molecule has 1 saturated carbocycles. The molecule has 4 nitrogen and oxygen atoms in total. The van der Waals surface area contributed by atoms with Crippen LogP contribution >= 0.6 is 0 Å². The Balaban J connectivity index is 2.08. The maximum atomic E-state index is 9.40. The number of hydrogen-bond donors (Lipinski definition) is 1. The minimum atomic E-state index is 0.511. The number of hydrogen-bond acceptors (Lipinski definition) is 3. The summed E-state index contributed by atoms with van der Waals surface area (Å²) in [6, 6.07) is 4.82. The Bertz CT molecular complexity index is 652. The van der Waals surface area contributed by atoms with E-state index in [1.54, 1.807) is 6.20 Å². The molecule has 0 aromatic carbocycles. The average Bonchev–Trinajstić information content (AvgIpc) is 2.94. The molecule has 4 heteroatoms. The lowest BCUT2D eigenvalue weighted by atomic mass is 9.84. The van der Waals surface area contributed by atoms with Crippen LogP contribution in [-0.4, -0.2) is 23.1 Å². The zero-order valence-corrected chi connectivity index (χ0v) is 12.1. The van der Waals surface area contributed by atoms with Crippen molar-refractivity contribution in [3.63, 3.8) is 0 Å². The normalized spacial score (nSPS) is 22.6. The second-order valence-corrected chi connectivity index (χ2v) is 5.81. The summed E-state index contributed by atoms with van der Waals surface area (Å²) < 4.78 is 0. The van der Waals surface area contributed by atoms with Gasteiger partial charge in [-0.15, -0.1) is 0 Å². The lowest BCUT2D eigenvalue weighted by molar-refractivity contribution is 0.322. The number of aromatic amines is 1. The molecule has 1 aliphatic rings. The standard InChI is InChI=1S/C16H20N4/c1-11-5-3-4-6-14(11)20(2)15-12(9-17)10-19-16-13(15)7-8-18-16/h7-8,10-11,14H,3-6H2,1-2H3,(H,18,19)/t11-,14+/m1/s1.